The summed E-state index contributed by atoms with van der Waals surface area (Å²) in [5, 5.41) is 0. The van der Waals surface area contributed by atoms with Gasteiger partial charge >= 0.3 is 0 Å². The molecule has 2 nitrogen and oxygen atoms in total. The number of ether oxygens (including phenoxy) is 1. The number of allylic oxidation sites excluding steroid dienone is 4. The standard InChI is InChI=1S/C28H45IO2Si/c1-20(12-9-13-21(2)15-11-19-29)14-10-17-28(6)18-16-25-24(5)26(31-32(7)8)22(3)23(4)27(25)30-28/h13-14,32H,9-12,15-19H2,1-8H3/b20-14+,21-13+/t28-/m1/s1. The lowest BCUT2D eigenvalue weighted by Crippen LogP contribution is -2.37. The Balaban J connectivity index is 1.99. The summed E-state index contributed by atoms with van der Waals surface area (Å²) in [4.78, 5) is 0. The van der Waals surface area contributed by atoms with E-state index in [9.17, 15) is 0 Å². The molecule has 1 aliphatic rings. The summed E-state index contributed by atoms with van der Waals surface area (Å²) in [6.45, 7) is 17.9. The molecule has 1 aromatic carbocycles. The van der Waals surface area contributed by atoms with Crippen molar-refractivity contribution in [3.05, 3.63) is 45.6 Å². The normalized spacial score (nSPS) is 19.2. The Morgan fingerprint density at radius 3 is 2.34 bits per heavy atom. The van der Waals surface area contributed by atoms with Gasteiger partial charge in [-0.15, -0.1) is 0 Å². The van der Waals surface area contributed by atoms with Crippen LogP contribution < -0.4 is 9.16 Å². The monoisotopic (exact) mass is 568 g/mol. The third-order valence-corrected chi connectivity index (χ3v) is 8.29. The van der Waals surface area contributed by atoms with Crippen molar-refractivity contribution in [1.29, 1.82) is 0 Å². The largest absolute Gasteiger partial charge is 0.547 e. The molecule has 0 saturated carbocycles. The molecule has 0 radical (unpaired) electrons. The van der Waals surface area contributed by atoms with E-state index < -0.39 is 9.04 Å². The van der Waals surface area contributed by atoms with Crippen LogP contribution in [0.15, 0.2) is 23.3 Å². The van der Waals surface area contributed by atoms with Crippen LogP contribution in [0, 0.1) is 20.8 Å². The molecule has 0 amide bonds. The molecule has 0 fully saturated rings. The van der Waals surface area contributed by atoms with Gasteiger partial charge in [0.2, 0.25) is 9.04 Å². The van der Waals surface area contributed by atoms with Gasteiger partial charge in [-0.25, -0.2) is 0 Å². The van der Waals surface area contributed by atoms with Crippen LogP contribution >= 0.6 is 22.6 Å². The SMILES string of the molecule is C/C(=C\CC[C@]1(C)CCc2c(C)c(O[SiH](C)C)c(C)c(C)c2O1)CC/C=C(\C)CCCI. The highest BCUT2D eigenvalue weighted by atomic mass is 127. The van der Waals surface area contributed by atoms with Gasteiger partial charge in [-0.05, 0) is 127 Å². The van der Waals surface area contributed by atoms with E-state index in [1.807, 2.05) is 0 Å². The van der Waals surface area contributed by atoms with Crippen LogP contribution in [0.25, 0.3) is 0 Å². The van der Waals surface area contributed by atoms with Crippen LogP contribution in [0.4, 0.5) is 0 Å². The van der Waals surface area contributed by atoms with E-state index in [1.54, 1.807) is 5.57 Å². The van der Waals surface area contributed by atoms with Crippen molar-refractivity contribution < 1.29 is 9.16 Å². The highest BCUT2D eigenvalue weighted by Gasteiger charge is 2.34. The molecule has 2 rings (SSSR count). The Morgan fingerprint density at radius 1 is 1.03 bits per heavy atom. The van der Waals surface area contributed by atoms with Gasteiger partial charge in [0, 0.05) is 5.56 Å². The average molecular weight is 569 g/mol. The number of alkyl halides is 1. The maximum Gasteiger partial charge on any atom is 0.229 e. The van der Waals surface area contributed by atoms with E-state index >= 15 is 0 Å². The van der Waals surface area contributed by atoms with E-state index in [1.165, 1.54) is 51.5 Å². The van der Waals surface area contributed by atoms with Crippen LogP contribution in [-0.4, -0.2) is 19.1 Å². The van der Waals surface area contributed by atoms with Gasteiger partial charge in [0.1, 0.15) is 17.1 Å². The first-order valence-corrected chi connectivity index (χ1v) is 16.7. The van der Waals surface area contributed by atoms with E-state index in [2.05, 4.69) is 89.4 Å². The van der Waals surface area contributed by atoms with Gasteiger partial charge in [0.05, 0.1) is 0 Å². The average Bonchev–Trinajstić information content (AvgIpc) is 2.73. The number of hydrogen-bond acceptors (Lipinski definition) is 2. The van der Waals surface area contributed by atoms with Crippen LogP contribution in [-0.2, 0) is 6.42 Å². The second-order valence-electron chi connectivity index (χ2n) is 10.2. The topological polar surface area (TPSA) is 18.5 Å². The third kappa shape index (κ3) is 7.65. The Hall–Kier alpha value is -0.753. The molecule has 0 saturated heterocycles. The minimum absolute atomic E-state index is 0.0848. The molecule has 1 aliphatic heterocycles. The van der Waals surface area contributed by atoms with Gasteiger partial charge in [-0.1, -0.05) is 45.9 Å². The van der Waals surface area contributed by atoms with E-state index in [4.69, 9.17) is 9.16 Å². The van der Waals surface area contributed by atoms with Gasteiger partial charge in [0.25, 0.3) is 0 Å². The Kier molecular flexibility index (Phi) is 10.9. The van der Waals surface area contributed by atoms with Crippen molar-refractivity contribution in [3.8, 4) is 11.5 Å². The fourth-order valence-corrected chi connectivity index (χ4v) is 5.80. The molecule has 0 bridgehead atoms. The van der Waals surface area contributed by atoms with E-state index in [0.29, 0.717) is 0 Å². The van der Waals surface area contributed by atoms with Crippen molar-refractivity contribution in [3.63, 3.8) is 0 Å². The Morgan fingerprint density at radius 2 is 1.69 bits per heavy atom. The lowest BCUT2D eigenvalue weighted by molar-refractivity contribution is 0.0559. The minimum Gasteiger partial charge on any atom is -0.547 e. The molecule has 1 atom stereocenters. The minimum atomic E-state index is -1.13. The molecular formula is C28H45IO2Si. The summed E-state index contributed by atoms with van der Waals surface area (Å²) >= 11 is 2.46. The smallest absolute Gasteiger partial charge is 0.229 e. The highest BCUT2D eigenvalue weighted by molar-refractivity contribution is 14.1. The first kappa shape index (κ1) is 27.5. The maximum atomic E-state index is 6.72. The molecule has 4 heteroatoms. The molecule has 0 spiro atoms. The number of halogens is 1. The van der Waals surface area contributed by atoms with Crippen LogP contribution in [0.3, 0.4) is 0 Å². The summed E-state index contributed by atoms with van der Waals surface area (Å²) in [6.07, 6.45) is 14.1. The zero-order valence-corrected chi connectivity index (χ0v) is 25.1. The molecule has 0 unspecified atom stereocenters. The molecule has 32 heavy (non-hydrogen) atoms. The van der Waals surface area contributed by atoms with Crippen molar-refractivity contribution >= 4 is 31.6 Å². The van der Waals surface area contributed by atoms with Crippen molar-refractivity contribution in [2.24, 2.45) is 0 Å². The lowest BCUT2D eigenvalue weighted by Gasteiger charge is -2.38. The number of benzene rings is 1. The number of fused-ring (bicyclic) bond motifs is 1. The molecule has 1 aromatic rings. The van der Waals surface area contributed by atoms with Crippen LogP contribution in [0.2, 0.25) is 13.1 Å². The molecule has 1 heterocycles. The second kappa shape index (κ2) is 12.6. The van der Waals surface area contributed by atoms with Crippen molar-refractivity contribution in [2.75, 3.05) is 4.43 Å². The Labute approximate surface area is 213 Å². The molecule has 0 aliphatic carbocycles. The first-order valence-electron chi connectivity index (χ1n) is 12.4. The summed E-state index contributed by atoms with van der Waals surface area (Å²) in [5.74, 6) is 2.24. The third-order valence-electron chi connectivity index (χ3n) is 6.82. The molecule has 0 N–H and O–H groups in total. The zero-order chi connectivity index (χ0) is 23.9. The fourth-order valence-electron chi connectivity index (χ4n) is 4.59. The molecule has 180 valence electrons. The predicted octanol–water partition coefficient (Wildman–Crippen LogP) is 8.73. The van der Waals surface area contributed by atoms with Crippen molar-refractivity contribution in [2.45, 2.75) is 112 Å². The first-order chi connectivity index (χ1) is 15.1. The fraction of sp³-hybridized carbons (Fsp3) is 0.643. The lowest BCUT2D eigenvalue weighted by atomic mass is 9.85. The quantitative estimate of drug-likeness (QED) is 0.115. The summed E-state index contributed by atoms with van der Waals surface area (Å²) in [7, 11) is -1.13. The van der Waals surface area contributed by atoms with Crippen molar-refractivity contribution in [1.82, 2.24) is 0 Å². The number of rotatable bonds is 11. The predicted molar refractivity (Wildman–Crippen MR) is 152 cm³/mol. The molecular weight excluding hydrogens is 523 g/mol. The molecule has 0 aromatic heterocycles. The van der Waals surface area contributed by atoms with Gasteiger partial charge in [-0.2, -0.15) is 0 Å². The summed E-state index contributed by atoms with van der Waals surface area (Å²) in [6, 6.07) is 0. The zero-order valence-electron chi connectivity index (χ0n) is 21.8. The van der Waals surface area contributed by atoms with E-state index in [-0.39, 0.29) is 5.60 Å². The van der Waals surface area contributed by atoms with Gasteiger partial charge < -0.3 is 9.16 Å². The van der Waals surface area contributed by atoms with Crippen LogP contribution in [0.5, 0.6) is 11.5 Å². The van der Waals surface area contributed by atoms with Gasteiger partial charge in [0.15, 0.2) is 0 Å². The van der Waals surface area contributed by atoms with Crippen LogP contribution in [0.1, 0.15) is 88.0 Å². The highest BCUT2D eigenvalue weighted by Crippen LogP contribution is 2.45. The second-order valence-corrected chi connectivity index (χ2v) is 13.6. The summed E-state index contributed by atoms with van der Waals surface area (Å²) < 4.78 is 14.3. The number of hydrogen-bond donors (Lipinski definition) is 0. The summed E-state index contributed by atoms with van der Waals surface area (Å²) in [5.41, 5.74) is 8.14. The van der Waals surface area contributed by atoms with E-state index in [0.717, 1.165) is 43.6 Å². The maximum absolute atomic E-state index is 6.72. The van der Waals surface area contributed by atoms with Gasteiger partial charge in [-0.3, -0.25) is 0 Å². The Bertz CT molecular complexity index is 841.